The zero-order valence-corrected chi connectivity index (χ0v) is 9.56. The molecule has 0 radical (unpaired) electrons. The molecule has 0 saturated heterocycles. The quantitative estimate of drug-likeness (QED) is 0.298. The van der Waals surface area contributed by atoms with Crippen LogP contribution >= 0.6 is 8.73 Å². The minimum absolute atomic E-state index is 0. The summed E-state index contributed by atoms with van der Waals surface area (Å²) < 4.78 is 0. The first kappa shape index (κ1) is 10.0. The van der Waals surface area contributed by atoms with E-state index in [-0.39, 0.29) is 19.5 Å². The minimum atomic E-state index is 0. The Morgan fingerprint density at radius 2 is 2.20 bits per heavy atom. The maximum absolute atomic E-state index is 5.43. The molecule has 1 atom stereocenters. The van der Waals surface area contributed by atoms with Gasteiger partial charge in [0, 0.05) is 19.5 Å². The third-order valence-corrected chi connectivity index (χ3v) is 1.63. The van der Waals surface area contributed by atoms with Gasteiger partial charge in [-0.15, -0.1) is 11.4 Å². The van der Waals surface area contributed by atoms with Crippen molar-refractivity contribution in [2.24, 2.45) is 5.50 Å². The topological polar surface area (TPSA) is 52.0 Å². The van der Waals surface area contributed by atoms with Gasteiger partial charge in [0.25, 0.3) is 0 Å². The minimum Gasteiger partial charge on any atom is -0.420 e. The number of nitrogens with two attached hydrogens (primary N) is 2. The Labute approximate surface area is 75.0 Å². The van der Waals surface area contributed by atoms with Crippen LogP contribution in [0.4, 0.5) is 5.69 Å². The molecule has 0 aliphatic rings. The van der Waals surface area contributed by atoms with E-state index in [1.807, 2.05) is 12.1 Å². The monoisotopic (exact) mass is 203 g/mol. The molecule has 0 fully saturated rings. The third-order valence-electron chi connectivity index (χ3n) is 0.991. The summed E-state index contributed by atoms with van der Waals surface area (Å²) in [5, 5.41) is 1.08. The molecular formula is C6H8N2PZn-. The fourth-order valence-electron chi connectivity index (χ4n) is 0.575. The van der Waals surface area contributed by atoms with Crippen molar-refractivity contribution in [3.8, 4) is 0 Å². The summed E-state index contributed by atoms with van der Waals surface area (Å²) in [5.41, 5.74) is 11.5. The second-order valence-corrected chi connectivity index (χ2v) is 2.54. The third kappa shape index (κ3) is 2.74. The van der Waals surface area contributed by atoms with Crippen LogP contribution in [0.15, 0.2) is 18.2 Å². The Morgan fingerprint density at radius 1 is 1.50 bits per heavy atom. The molecule has 1 rings (SSSR count). The molecule has 0 spiro atoms. The van der Waals surface area contributed by atoms with E-state index in [9.17, 15) is 0 Å². The van der Waals surface area contributed by atoms with Gasteiger partial charge in [-0.2, -0.15) is 18.2 Å². The number of nitrogen functional groups attached to an aromatic ring is 1. The molecule has 0 aliphatic carbocycles. The van der Waals surface area contributed by atoms with Gasteiger partial charge in [0.2, 0.25) is 0 Å². The normalized spacial score (nSPS) is 9.70. The van der Waals surface area contributed by atoms with Crippen molar-refractivity contribution in [3.63, 3.8) is 0 Å². The number of benzene rings is 1. The summed E-state index contributed by atoms with van der Waals surface area (Å²) in [6.45, 7) is 0. The van der Waals surface area contributed by atoms with Gasteiger partial charge in [-0.05, 0) is 0 Å². The number of hydrogen-bond acceptors (Lipinski definition) is 2. The van der Waals surface area contributed by atoms with Gasteiger partial charge in [0.1, 0.15) is 0 Å². The van der Waals surface area contributed by atoms with Gasteiger partial charge in [-0.25, -0.2) is 0 Å². The van der Waals surface area contributed by atoms with Crippen LogP contribution in [-0.2, 0) is 19.5 Å². The van der Waals surface area contributed by atoms with E-state index >= 15 is 0 Å². The Morgan fingerprint density at radius 3 is 2.60 bits per heavy atom. The number of anilines is 1. The van der Waals surface area contributed by atoms with Crippen LogP contribution in [-0.4, -0.2) is 0 Å². The van der Waals surface area contributed by atoms with Crippen molar-refractivity contribution in [1.82, 2.24) is 0 Å². The summed E-state index contributed by atoms with van der Waals surface area (Å²) in [6.07, 6.45) is 0. The maximum atomic E-state index is 5.43. The van der Waals surface area contributed by atoms with E-state index in [0.717, 1.165) is 5.30 Å². The van der Waals surface area contributed by atoms with Crippen LogP contribution in [0.1, 0.15) is 0 Å². The van der Waals surface area contributed by atoms with Crippen molar-refractivity contribution in [2.75, 3.05) is 5.73 Å². The number of hydrogen-bond donors (Lipinski definition) is 2. The van der Waals surface area contributed by atoms with Gasteiger partial charge < -0.3 is 11.2 Å². The zero-order valence-electron chi connectivity index (χ0n) is 5.59. The smallest absolute Gasteiger partial charge is 0 e. The molecule has 0 heterocycles. The van der Waals surface area contributed by atoms with Crippen molar-refractivity contribution in [3.05, 3.63) is 24.3 Å². The summed E-state index contributed by atoms with van der Waals surface area (Å²) in [4.78, 5) is 0. The summed E-state index contributed by atoms with van der Waals surface area (Å²) in [6, 6.07) is 8.36. The standard InChI is InChI=1S/C6H8N2P.Zn/c7-5-2-1-3-6(4-5)9-8;/h1,3-4,9H,7-8H2;/q-1;. The fourth-order valence-corrected chi connectivity index (χ4v) is 0.993. The SMILES string of the molecule is NPc1cc[c-]c(N)c1.[Zn]. The first-order chi connectivity index (χ1) is 4.33. The Bertz CT molecular complexity index is 205. The Kier molecular flexibility index (Phi) is 4.80. The molecule has 10 heavy (non-hydrogen) atoms. The van der Waals surface area contributed by atoms with Gasteiger partial charge in [0.15, 0.2) is 0 Å². The van der Waals surface area contributed by atoms with Gasteiger partial charge >= 0.3 is 0 Å². The van der Waals surface area contributed by atoms with E-state index in [4.69, 9.17) is 11.2 Å². The molecule has 4 heteroatoms. The van der Waals surface area contributed by atoms with Crippen LogP contribution in [0, 0.1) is 6.07 Å². The van der Waals surface area contributed by atoms with Crippen LogP contribution in [0.5, 0.6) is 0 Å². The van der Waals surface area contributed by atoms with Gasteiger partial charge in [-0.1, -0.05) is 14.4 Å². The number of rotatable bonds is 1. The maximum Gasteiger partial charge on any atom is 0 e. The largest absolute Gasteiger partial charge is 0.420 e. The first-order valence-corrected chi connectivity index (χ1v) is 3.64. The fraction of sp³-hybridized carbons (Fsp3) is 0. The van der Waals surface area contributed by atoms with Crippen LogP contribution in [0.2, 0.25) is 0 Å². The van der Waals surface area contributed by atoms with Crippen molar-refractivity contribution in [1.29, 1.82) is 0 Å². The van der Waals surface area contributed by atoms with Crippen LogP contribution in [0.3, 0.4) is 0 Å². The van der Waals surface area contributed by atoms with Crippen molar-refractivity contribution >= 4 is 19.7 Å². The van der Waals surface area contributed by atoms with E-state index in [0.29, 0.717) is 14.4 Å². The van der Waals surface area contributed by atoms with Gasteiger partial charge in [-0.3, -0.25) is 0 Å². The molecule has 0 bridgehead atoms. The van der Waals surface area contributed by atoms with Crippen LogP contribution in [0.25, 0.3) is 0 Å². The molecule has 1 aromatic carbocycles. The Balaban J connectivity index is 0.000000810. The second kappa shape index (κ2) is 4.79. The van der Waals surface area contributed by atoms with Gasteiger partial charge in [0.05, 0.1) is 0 Å². The van der Waals surface area contributed by atoms with Crippen molar-refractivity contribution < 1.29 is 19.5 Å². The molecule has 50 valence electrons. The van der Waals surface area contributed by atoms with E-state index in [2.05, 4.69) is 6.07 Å². The first-order valence-electron chi connectivity index (χ1n) is 2.57. The Hall–Kier alpha value is 0.0334. The molecular weight excluding hydrogens is 196 g/mol. The molecule has 0 aromatic heterocycles. The zero-order chi connectivity index (χ0) is 6.69. The van der Waals surface area contributed by atoms with E-state index < -0.39 is 0 Å². The molecule has 1 aromatic rings. The molecule has 2 nitrogen and oxygen atoms in total. The molecule has 0 aliphatic heterocycles. The predicted molar refractivity (Wildman–Crippen MR) is 41.8 cm³/mol. The molecule has 1 unspecified atom stereocenters. The van der Waals surface area contributed by atoms with Crippen molar-refractivity contribution in [2.45, 2.75) is 0 Å². The predicted octanol–water partition coefficient (Wildman–Crippen LogP) is 0.244. The van der Waals surface area contributed by atoms with Crippen LogP contribution < -0.4 is 16.5 Å². The average Bonchev–Trinajstić information content (AvgIpc) is 1.88. The molecule has 0 saturated carbocycles. The summed E-state index contributed by atoms with van der Waals surface area (Å²) >= 11 is 0. The molecule has 0 amide bonds. The average molecular weight is 205 g/mol. The van der Waals surface area contributed by atoms with E-state index in [1.165, 1.54) is 0 Å². The van der Waals surface area contributed by atoms with E-state index in [1.54, 1.807) is 6.07 Å². The summed E-state index contributed by atoms with van der Waals surface area (Å²) in [5.74, 6) is 0. The second-order valence-electron chi connectivity index (χ2n) is 1.68. The summed E-state index contributed by atoms with van der Waals surface area (Å²) in [7, 11) is 0.326. The molecule has 4 N–H and O–H groups in total.